The fraction of sp³-hybridized carbons (Fsp3) is 0.154. The minimum atomic E-state index is -3.53. The van der Waals surface area contributed by atoms with Crippen LogP contribution in [0.15, 0.2) is 39.9 Å². The predicted molar refractivity (Wildman–Crippen MR) is 85.4 cm³/mol. The molecule has 0 saturated heterocycles. The minimum absolute atomic E-state index is 0.199. The van der Waals surface area contributed by atoms with Gasteiger partial charge in [0.2, 0.25) is 10.0 Å². The Hall–Kier alpha value is -1.28. The van der Waals surface area contributed by atoms with E-state index in [2.05, 4.69) is 4.72 Å². The highest BCUT2D eigenvalue weighted by atomic mass is 32.2. The van der Waals surface area contributed by atoms with Crippen molar-refractivity contribution in [3.63, 3.8) is 0 Å². The molecule has 0 bridgehead atoms. The van der Waals surface area contributed by atoms with Gasteiger partial charge >= 0.3 is 0 Å². The van der Waals surface area contributed by atoms with E-state index in [0.717, 1.165) is 11.1 Å². The van der Waals surface area contributed by atoms with Crippen LogP contribution in [0.5, 0.6) is 0 Å². The van der Waals surface area contributed by atoms with Gasteiger partial charge in [-0.15, -0.1) is 0 Å². The maximum atomic E-state index is 12.1. The summed E-state index contributed by atoms with van der Waals surface area (Å²) < 4.78 is 26.9. The van der Waals surface area contributed by atoms with Crippen LogP contribution in [0.4, 0.5) is 0 Å². The number of aryl methyl sites for hydroxylation is 1. The molecule has 0 amide bonds. The number of hydrogen-bond donors (Lipinski definition) is 2. The van der Waals surface area contributed by atoms with Crippen LogP contribution >= 0.6 is 23.6 Å². The highest BCUT2D eigenvalue weighted by molar-refractivity contribution is 7.89. The first-order valence-electron chi connectivity index (χ1n) is 5.81. The zero-order valence-corrected chi connectivity index (χ0v) is 13.2. The summed E-state index contributed by atoms with van der Waals surface area (Å²) in [5.41, 5.74) is 8.20. The number of thiocarbonyl (C=S) groups is 1. The van der Waals surface area contributed by atoms with E-state index in [9.17, 15) is 8.42 Å². The number of nitrogens with one attached hydrogen (secondary N) is 1. The second kappa shape index (κ2) is 6.01. The Balaban J connectivity index is 2.14. The van der Waals surface area contributed by atoms with Crippen molar-refractivity contribution in [2.45, 2.75) is 18.4 Å². The molecule has 0 radical (unpaired) electrons. The lowest BCUT2D eigenvalue weighted by Gasteiger charge is -2.07. The molecule has 20 heavy (non-hydrogen) atoms. The van der Waals surface area contributed by atoms with Crippen molar-refractivity contribution in [1.82, 2.24) is 4.72 Å². The number of hydrogen-bond acceptors (Lipinski definition) is 4. The topological polar surface area (TPSA) is 72.2 Å². The van der Waals surface area contributed by atoms with Gasteiger partial charge < -0.3 is 5.73 Å². The molecule has 0 aliphatic heterocycles. The molecule has 2 aromatic rings. The molecule has 0 saturated carbocycles. The molecule has 0 aliphatic carbocycles. The Bertz CT molecular complexity index is 718. The first kappa shape index (κ1) is 15.1. The van der Waals surface area contributed by atoms with Crippen LogP contribution < -0.4 is 10.5 Å². The second-order valence-electron chi connectivity index (χ2n) is 4.29. The molecular formula is C13H14N2O2S3. The maximum absolute atomic E-state index is 12.1. The summed E-state index contributed by atoms with van der Waals surface area (Å²) >= 11 is 6.39. The van der Waals surface area contributed by atoms with Gasteiger partial charge in [0, 0.05) is 12.1 Å². The predicted octanol–water partition coefficient (Wildman–Crippen LogP) is 2.17. The van der Waals surface area contributed by atoms with Crippen molar-refractivity contribution < 1.29 is 8.42 Å². The van der Waals surface area contributed by atoms with Crippen molar-refractivity contribution in [3.8, 4) is 0 Å². The van der Waals surface area contributed by atoms with Gasteiger partial charge in [-0.2, -0.15) is 11.3 Å². The monoisotopic (exact) mass is 326 g/mol. The molecule has 106 valence electrons. The van der Waals surface area contributed by atoms with E-state index in [0.29, 0.717) is 5.56 Å². The van der Waals surface area contributed by atoms with Crippen LogP contribution in [0.3, 0.4) is 0 Å². The van der Waals surface area contributed by atoms with Crippen LogP contribution in [0.2, 0.25) is 0 Å². The average molecular weight is 326 g/mol. The normalized spacial score (nSPS) is 11.4. The van der Waals surface area contributed by atoms with Crippen molar-refractivity contribution >= 4 is 38.6 Å². The van der Waals surface area contributed by atoms with Crippen molar-refractivity contribution in [1.29, 1.82) is 0 Å². The van der Waals surface area contributed by atoms with Crippen LogP contribution in [-0.4, -0.2) is 13.4 Å². The number of benzene rings is 1. The number of rotatable bonds is 5. The fourth-order valence-electron chi connectivity index (χ4n) is 1.62. The Kier molecular flexibility index (Phi) is 4.54. The fourth-order valence-corrected chi connectivity index (χ4v) is 3.62. The molecule has 0 atom stereocenters. The molecule has 0 aliphatic rings. The molecule has 1 aromatic carbocycles. The highest BCUT2D eigenvalue weighted by Gasteiger charge is 2.14. The van der Waals surface area contributed by atoms with Gasteiger partial charge in [-0.25, -0.2) is 13.1 Å². The summed E-state index contributed by atoms with van der Waals surface area (Å²) in [7, 11) is -3.53. The lowest BCUT2D eigenvalue weighted by Crippen LogP contribution is -2.23. The SMILES string of the molecule is Cc1cscc1CNS(=O)(=O)c1ccc(C(N)=S)cc1. The first-order chi connectivity index (χ1) is 9.40. The molecule has 0 unspecified atom stereocenters. The molecule has 3 N–H and O–H groups in total. The van der Waals surface area contributed by atoms with E-state index < -0.39 is 10.0 Å². The van der Waals surface area contributed by atoms with Crippen LogP contribution in [0.25, 0.3) is 0 Å². The van der Waals surface area contributed by atoms with Gasteiger partial charge in [0.05, 0.1) is 4.90 Å². The Labute approximate surface area is 127 Å². The van der Waals surface area contributed by atoms with Crippen molar-refractivity contribution in [3.05, 3.63) is 51.7 Å². The van der Waals surface area contributed by atoms with E-state index >= 15 is 0 Å². The lowest BCUT2D eigenvalue weighted by atomic mass is 10.2. The number of sulfonamides is 1. The smallest absolute Gasteiger partial charge is 0.240 e. The third-order valence-corrected chi connectivity index (χ3v) is 5.43. The summed E-state index contributed by atoms with van der Waals surface area (Å²) in [6.07, 6.45) is 0. The number of thiophene rings is 1. The van der Waals surface area contributed by atoms with Crippen molar-refractivity contribution in [2.75, 3.05) is 0 Å². The van der Waals surface area contributed by atoms with E-state index in [-0.39, 0.29) is 16.4 Å². The molecule has 0 spiro atoms. The van der Waals surface area contributed by atoms with Crippen LogP contribution in [0.1, 0.15) is 16.7 Å². The third kappa shape index (κ3) is 3.43. The zero-order chi connectivity index (χ0) is 14.8. The van der Waals surface area contributed by atoms with Gasteiger partial charge in [0.1, 0.15) is 4.99 Å². The van der Waals surface area contributed by atoms with Gasteiger partial charge in [-0.1, -0.05) is 24.4 Å². The zero-order valence-electron chi connectivity index (χ0n) is 10.8. The molecule has 2 rings (SSSR count). The minimum Gasteiger partial charge on any atom is -0.389 e. The van der Waals surface area contributed by atoms with E-state index in [1.807, 2.05) is 17.7 Å². The van der Waals surface area contributed by atoms with E-state index in [1.54, 1.807) is 23.5 Å². The van der Waals surface area contributed by atoms with Gasteiger partial charge in [-0.3, -0.25) is 0 Å². The summed E-state index contributed by atoms with van der Waals surface area (Å²) in [6, 6.07) is 6.20. The van der Waals surface area contributed by atoms with E-state index in [4.69, 9.17) is 18.0 Å². The first-order valence-corrected chi connectivity index (χ1v) is 8.65. The molecule has 1 heterocycles. The third-order valence-electron chi connectivity index (χ3n) is 2.86. The summed E-state index contributed by atoms with van der Waals surface area (Å²) in [6.45, 7) is 2.24. The van der Waals surface area contributed by atoms with Crippen LogP contribution in [0, 0.1) is 6.92 Å². The number of nitrogens with two attached hydrogens (primary N) is 1. The molecule has 4 nitrogen and oxygen atoms in total. The van der Waals surface area contributed by atoms with Crippen molar-refractivity contribution in [2.24, 2.45) is 5.73 Å². The van der Waals surface area contributed by atoms with Crippen LogP contribution in [-0.2, 0) is 16.6 Å². The summed E-state index contributed by atoms with van der Waals surface area (Å²) in [5.74, 6) is 0. The summed E-state index contributed by atoms with van der Waals surface area (Å²) in [4.78, 5) is 0.446. The highest BCUT2D eigenvalue weighted by Crippen LogP contribution is 2.15. The Morgan fingerprint density at radius 1 is 1.30 bits per heavy atom. The van der Waals surface area contributed by atoms with Gasteiger partial charge in [-0.05, 0) is 40.9 Å². The maximum Gasteiger partial charge on any atom is 0.240 e. The van der Waals surface area contributed by atoms with Gasteiger partial charge in [0.15, 0.2) is 0 Å². The second-order valence-corrected chi connectivity index (χ2v) is 7.24. The molecular weight excluding hydrogens is 312 g/mol. The molecule has 0 fully saturated rings. The standard InChI is InChI=1S/C13H14N2O2S3/c1-9-7-19-8-11(9)6-15-20(16,17)12-4-2-10(3-5-12)13(14)18/h2-5,7-8,15H,6H2,1H3,(H2,14,18). The Morgan fingerprint density at radius 2 is 1.95 bits per heavy atom. The average Bonchev–Trinajstić information content (AvgIpc) is 2.82. The molecule has 1 aromatic heterocycles. The largest absolute Gasteiger partial charge is 0.389 e. The summed E-state index contributed by atoms with van der Waals surface area (Å²) in [5, 5.41) is 3.93. The quantitative estimate of drug-likeness (QED) is 0.826. The molecule has 7 heteroatoms. The van der Waals surface area contributed by atoms with Gasteiger partial charge in [0.25, 0.3) is 0 Å². The Morgan fingerprint density at radius 3 is 2.45 bits per heavy atom. The van der Waals surface area contributed by atoms with E-state index in [1.165, 1.54) is 12.1 Å². The lowest BCUT2D eigenvalue weighted by molar-refractivity contribution is 0.581.